The van der Waals surface area contributed by atoms with Gasteiger partial charge in [-0.1, -0.05) is 6.07 Å². The molecular formula is C15H17BrN2O3. The lowest BCUT2D eigenvalue weighted by Crippen LogP contribution is -2.39. The Kier molecular flexibility index (Phi) is 3.65. The van der Waals surface area contributed by atoms with Gasteiger partial charge < -0.3 is 16.2 Å². The molecule has 2 aliphatic carbocycles. The van der Waals surface area contributed by atoms with Crippen LogP contribution in [-0.2, 0) is 4.79 Å². The molecule has 0 spiro atoms. The Balaban J connectivity index is 1.92. The van der Waals surface area contributed by atoms with Gasteiger partial charge in [0.25, 0.3) is 5.91 Å². The van der Waals surface area contributed by atoms with Gasteiger partial charge in [-0.2, -0.15) is 0 Å². The molecule has 2 fully saturated rings. The van der Waals surface area contributed by atoms with E-state index < -0.39 is 11.9 Å². The van der Waals surface area contributed by atoms with E-state index in [-0.39, 0.29) is 17.9 Å². The fourth-order valence-electron chi connectivity index (χ4n) is 3.93. The lowest BCUT2D eigenvalue weighted by atomic mass is 9.84. The molecule has 5 nitrogen and oxygen atoms in total. The van der Waals surface area contributed by atoms with Crippen LogP contribution >= 0.6 is 15.9 Å². The van der Waals surface area contributed by atoms with Crippen molar-refractivity contribution in [2.24, 2.45) is 23.5 Å². The first-order chi connectivity index (χ1) is 9.99. The standard InChI is InChI=1S/C15H17BrN2O3/c16-9-2-1-3-10(12(9)14(17)19)18-13-8-5-4-7(6-8)11(13)15(20)21/h1-3,7-8,11,13,18H,4-6H2,(H2,17,19)(H,20,21). The van der Waals surface area contributed by atoms with Crippen LogP contribution in [0.2, 0.25) is 0 Å². The largest absolute Gasteiger partial charge is 0.481 e. The minimum absolute atomic E-state index is 0.131. The van der Waals surface area contributed by atoms with Crippen LogP contribution in [0.1, 0.15) is 29.6 Å². The zero-order valence-electron chi connectivity index (χ0n) is 11.4. The minimum Gasteiger partial charge on any atom is -0.481 e. The topological polar surface area (TPSA) is 92.4 Å². The monoisotopic (exact) mass is 352 g/mol. The molecule has 112 valence electrons. The molecule has 0 heterocycles. The van der Waals surface area contributed by atoms with E-state index in [4.69, 9.17) is 5.73 Å². The molecule has 0 saturated heterocycles. The molecule has 1 aromatic rings. The fourth-order valence-corrected chi connectivity index (χ4v) is 4.49. The summed E-state index contributed by atoms with van der Waals surface area (Å²) < 4.78 is 0.620. The second-order valence-electron chi connectivity index (χ2n) is 5.89. The Hall–Kier alpha value is -1.56. The molecule has 21 heavy (non-hydrogen) atoms. The summed E-state index contributed by atoms with van der Waals surface area (Å²) in [6.07, 6.45) is 2.99. The first-order valence-electron chi connectivity index (χ1n) is 7.06. The number of fused-ring (bicyclic) bond motifs is 2. The molecule has 2 saturated carbocycles. The number of hydrogen-bond donors (Lipinski definition) is 3. The smallest absolute Gasteiger partial charge is 0.308 e. The highest BCUT2D eigenvalue weighted by atomic mass is 79.9. The van der Waals surface area contributed by atoms with E-state index in [1.807, 2.05) is 6.07 Å². The zero-order valence-corrected chi connectivity index (χ0v) is 13.0. The van der Waals surface area contributed by atoms with Gasteiger partial charge >= 0.3 is 5.97 Å². The summed E-state index contributed by atoms with van der Waals surface area (Å²) in [5.41, 5.74) is 6.43. The summed E-state index contributed by atoms with van der Waals surface area (Å²) in [7, 11) is 0. The number of nitrogens with two attached hydrogens (primary N) is 1. The van der Waals surface area contributed by atoms with Gasteiger partial charge in [0.2, 0.25) is 0 Å². The van der Waals surface area contributed by atoms with E-state index in [2.05, 4.69) is 21.2 Å². The van der Waals surface area contributed by atoms with Gasteiger partial charge in [-0.05, 0) is 59.2 Å². The van der Waals surface area contributed by atoms with E-state index in [9.17, 15) is 14.7 Å². The third kappa shape index (κ3) is 2.41. The molecule has 4 N–H and O–H groups in total. The highest BCUT2D eigenvalue weighted by Crippen LogP contribution is 2.49. The van der Waals surface area contributed by atoms with Gasteiger partial charge in [0, 0.05) is 16.2 Å². The molecule has 0 radical (unpaired) electrons. The first-order valence-corrected chi connectivity index (χ1v) is 7.86. The number of primary amides is 1. The number of anilines is 1. The van der Waals surface area contributed by atoms with Crippen molar-refractivity contribution in [2.45, 2.75) is 25.3 Å². The molecule has 1 aromatic carbocycles. The van der Waals surface area contributed by atoms with Crippen molar-refractivity contribution in [3.05, 3.63) is 28.2 Å². The van der Waals surface area contributed by atoms with Crippen LogP contribution in [0, 0.1) is 17.8 Å². The lowest BCUT2D eigenvalue weighted by molar-refractivity contribution is -0.143. The normalized spacial score (nSPS) is 30.3. The number of halogens is 1. The van der Waals surface area contributed by atoms with Crippen molar-refractivity contribution in [2.75, 3.05) is 5.32 Å². The van der Waals surface area contributed by atoms with Gasteiger partial charge in [-0.15, -0.1) is 0 Å². The summed E-state index contributed by atoms with van der Waals surface area (Å²) in [5, 5.41) is 12.8. The number of hydrogen-bond acceptors (Lipinski definition) is 3. The number of carbonyl (C=O) groups is 2. The minimum atomic E-state index is -0.754. The number of carboxylic acid groups (broad SMARTS) is 1. The molecular weight excluding hydrogens is 336 g/mol. The summed E-state index contributed by atoms with van der Waals surface area (Å²) in [5.74, 6) is -1.07. The highest BCUT2D eigenvalue weighted by molar-refractivity contribution is 9.10. The summed E-state index contributed by atoms with van der Waals surface area (Å²) in [4.78, 5) is 23.2. The van der Waals surface area contributed by atoms with E-state index in [0.29, 0.717) is 21.6 Å². The predicted octanol–water partition coefficient (Wildman–Crippen LogP) is 2.46. The van der Waals surface area contributed by atoms with Gasteiger partial charge in [-0.25, -0.2) is 0 Å². The average molecular weight is 353 g/mol. The lowest BCUT2D eigenvalue weighted by Gasteiger charge is -2.30. The van der Waals surface area contributed by atoms with Crippen LogP contribution in [0.15, 0.2) is 22.7 Å². The number of nitrogens with one attached hydrogen (secondary N) is 1. The highest BCUT2D eigenvalue weighted by Gasteiger charge is 2.51. The van der Waals surface area contributed by atoms with Crippen molar-refractivity contribution >= 4 is 33.5 Å². The quantitative estimate of drug-likeness (QED) is 0.775. The Morgan fingerprint density at radius 2 is 2.00 bits per heavy atom. The molecule has 4 atom stereocenters. The van der Waals surface area contributed by atoms with Crippen LogP contribution in [0.4, 0.5) is 5.69 Å². The third-order valence-corrected chi connectivity index (χ3v) is 5.44. The summed E-state index contributed by atoms with van der Waals surface area (Å²) >= 11 is 3.32. The maximum atomic E-state index is 11.6. The molecule has 0 aromatic heterocycles. The Labute approximate surface area is 131 Å². The van der Waals surface area contributed by atoms with Crippen molar-refractivity contribution in [1.82, 2.24) is 0 Å². The van der Waals surface area contributed by atoms with Crippen LogP contribution in [0.5, 0.6) is 0 Å². The number of carboxylic acids is 1. The number of benzene rings is 1. The number of carbonyl (C=O) groups excluding carboxylic acids is 1. The van der Waals surface area contributed by atoms with Crippen molar-refractivity contribution in [3.8, 4) is 0 Å². The van der Waals surface area contributed by atoms with E-state index >= 15 is 0 Å². The number of rotatable bonds is 4. The molecule has 2 aliphatic rings. The molecule has 0 aliphatic heterocycles. The first kappa shape index (κ1) is 14.4. The second kappa shape index (κ2) is 5.33. The molecule has 4 unspecified atom stereocenters. The number of aliphatic carboxylic acids is 1. The predicted molar refractivity (Wildman–Crippen MR) is 82.0 cm³/mol. The van der Waals surface area contributed by atoms with Gasteiger partial charge in [0.05, 0.1) is 11.5 Å². The van der Waals surface area contributed by atoms with Gasteiger partial charge in [0.15, 0.2) is 0 Å². The van der Waals surface area contributed by atoms with Gasteiger partial charge in [-0.3, -0.25) is 9.59 Å². The molecule has 2 bridgehead atoms. The fraction of sp³-hybridized carbons (Fsp3) is 0.467. The van der Waals surface area contributed by atoms with Crippen LogP contribution in [0.25, 0.3) is 0 Å². The van der Waals surface area contributed by atoms with Crippen LogP contribution in [0.3, 0.4) is 0 Å². The van der Waals surface area contributed by atoms with Gasteiger partial charge in [0.1, 0.15) is 0 Å². The second-order valence-corrected chi connectivity index (χ2v) is 6.75. The summed E-state index contributed by atoms with van der Waals surface area (Å²) in [6, 6.07) is 5.20. The van der Waals surface area contributed by atoms with E-state index in [0.717, 1.165) is 19.3 Å². The molecule has 3 rings (SSSR count). The van der Waals surface area contributed by atoms with E-state index in [1.165, 1.54) is 0 Å². The maximum Gasteiger partial charge on any atom is 0.308 e. The Morgan fingerprint density at radius 3 is 2.67 bits per heavy atom. The maximum absolute atomic E-state index is 11.6. The molecule has 6 heteroatoms. The Morgan fingerprint density at radius 1 is 1.29 bits per heavy atom. The van der Waals surface area contributed by atoms with Crippen molar-refractivity contribution in [3.63, 3.8) is 0 Å². The SMILES string of the molecule is NC(=O)c1c(Br)cccc1NC1C2CCC(C2)C1C(=O)O. The zero-order chi connectivity index (χ0) is 15.1. The van der Waals surface area contributed by atoms with E-state index in [1.54, 1.807) is 12.1 Å². The molecule has 1 amide bonds. The average Bonchev–Trinajstić information content (AvgIpc) is 2.98. The van der Waals surface area contributed by atoms with Crippen LogP contribution in [-0.4, -0.2) is 23.0 Å². The third-order valence-electron chi connectivity index (χ3n) is 4.78. The Bertz CT molecular complexity index is 605. The van der Waals surface area contributed by atoms with Crippen LogP contribution < -0.4 is 11.1 Å². The number of amides is 1. The van der Waals surface area contributed by atoms with Crippen molar-refractivity contribution in [1.29, 1.82) is 0 Å². The van der Waals surface area contributed by atoms with Crippen molar-refractivity contribution < 1.29 is 14.7 Å². The summed E-state index contributed by atoms with van der Waals surface area (Å²) in [6.45, 7) is 0.